The van der Waals surface area contributed by atoms with Crippen LogP contribution in [0.5, 0.6) is 17.2 Å². The third-order valence-electron chi connectivity index (χ3n) is 5.34. The van der Waals surface area contributed by atoms with E-state index < -0.39 is 11.9 Å². The molecule has 0 N–H and O–H groups in total. The van der Waals surface area contributed by atoms with Crippen molar-refractivity contribution in [1.82, 2.24) is 0 Å². The van der Waals surface area contributed by atoms with E-state index in [1.807, 2.05) is 0 Å². The minimum Gasteiger partial charge on any atom is -0.494 e. The van der Waals surface area contributed by atoms with Gasteiger partial charge >= 0.3 is 11.9 Å². The van der Waals surface area contributed by atoms with Crippen LogP contribution in [0.25, 0.3) is 6.08 Å². The fourth-order valence-electron chi connectivity index (χ4n) is 3.36. The molecule has 0 fully saturated rings. The van der Waals surface area contributed by atoms with Gasteiger partial charge in [0.1, 0.15) is 5.75 Å². The van der Waals surface area contributed by atoms with Crippen LogP contribution >= 0.6 is 0 Å². The molecular formula is C28H34O8. The highest BCUT2D eigenvalue weighted by molar-refractivity contribution is 5.91. The zero-order valence-electron chi connectivity index (χ0n) is 20.9. The molecule has 0 aliphatic rings. The Bertz CT molecular complexity index is 982. The van der Waals surface area contributed by atoms with Crippen molar-refractivity contribution in [3.05, 3.63) is 59.7 Å². The number of benzene rings is 2. The van der Waals surface area contributed by atoms with Crippen molar-refractivity contribution in [2.24, 2.45) is 0 Å². The molecule has 2 rings (SSSR count). The summed E-state index contributed by atoms with van der Waals surface area (Å²) < 4.78 is 25.8. The maximum atomic E-state index is 12.6. The fraction of sp³-hybridized carbons (Fsp3) is 0.393. The van der Waals surface area contributed by atoms with Crippen LogP contribution in [-0.4, -0.2) is 45.8 Å². The summed E-state index contributed by atoms with van der Waals surface area (Å²) in [5.74, 6) is 0.342. The van der Waals surface area contributed by atoms with E-state index in [2.05, 4.69) is 9.47 Å². The second-order valence-corrected chi connectivity index (χ2v) is 7.97. The summed E-state index contributed by atoms with van der Waals surface area (Å²) in [6.45, 7) is 1.62. The molecule has 0 saturated carbocycles. The molecule has 0 aliphatic heterocycles. The van der Waals surface area contributed by atoms with Gasteiger partial charge in [0.25, 0.3) is 6.47 Å². The first kappa shape index (κ1) is 28.4. The van der Waals surface area contributed by atoms with Gasteiger partial charge in [-0.15, -0.1) is 0 Å². The minimum absolute atomic E-state index is 0.271. The molecule has 0 heterocycles. The summed E-state index contributed by atoms with van der Waals surface area (Å²) in [4.78, 5) is 33.9. The van der Waals surface area contributed by atoms with E-state index in [1.54, 1.807) is 48.5 Å². The largest absolute Gasteiger partial charge is 0.494 e. The third-order valence-corrected chi connectivity index (χ3v) is 5.34. The summed E-state index contributed by atoms with van der Waals surface area (Å²) in [5, 5.41) is 0. The molecule has 0 amide bonds. The number of hydrogen-bond acceptors (Lipinski definition) is 8. The number of esters is 2. The van der Waals surface area contributed by atoms with Gasteiger partial charge in [-0.05, 0) is 60.9 Å². The van der Waals surface area contributed by atoms with Crippen LogP contribution in [0.4, 0.5) is 0 Å². The smallest absolute Gasteiger partial charge is 0.343 e. The van der Waals surface area contributed by atoms with Crippen molar-refractivity contribution in [2.75, 3.05) is 27.4 Å². The first-order valence-electron chi connectivity index (χ1n) is 12.0. The molecule has 8 heteroatoms. The van der Waals surface area contributed by atoms with Crippen LogP contribution in [0.3, 0.4) is 0 Å². The SMILES string of the molecule is COC(=O)/C=C/c1ccc(OC(=O)c2ccc(OCCCCCCCCCOC=O)cc2)c(OC)c1. The lowest BCUT2D eigenvalue weighted by atomic mass is 10.1. The zero-order valence-corrected chi connectivity index (χ0v) is 20.9. The lowest BCUT2D eigenvalue weighted by molar-refractivity contribution is -0.134. The van der Waals surface area contributed by atoms with Gasteiger partial charge in [-0.3, -0.25) is 4.79 Å². The van der Waals surface area contributed by atoms with Crippen molar-refractivity contribution in [3.8, 4) is 17.2 Å². The van der Waals surface area contributed by atoms with Crippen LogP contribution in [0.15, 0.2) is 48.5 Å². The second-order valence-electron chi connectivity index (χ2n) is 7.97. The van der Waals surface area contributed by atoms with Gasteiger partial charge in [-0.25, -0.2) is 9.59 Å². The summed E-state index contributed by atoms with van der Waals surface area (Å²) in [6, 6.07) is 11.8. The van der Waals surface area contributed by atoms with E-state index in [4.69, 9.17) is 14.2 Å². The Morgan fingerprint density at radius 2 is 1.47 bits per heavy atom. The molecule has 0 bridgehead atoms. The van der Waals surface area contributed by atoms with Gasteiger partial charge in [0, 0.05) is 6.08 Å². The summed E-state index contributed by atoms with van der Waals surface area (Å²) in [7, 11) is 2.77. The molecule has 0 atom stereocenters. The van der Waals surface area contributed by atoms with E-state index in [-0.39, 0.29) is 5.75 Å². The summed E-state index contributed by atoms with van der Waals surface area (Å²) in [6.07, 6.45) is 10.4. The molecule has 0 unspecified atom stereocenters. The molecule has 194 valence electrons. The van der Waals surface area contributed by atoms with E-state index >= 15 is 0 Å². The number of unbranched alkanes of at least 4 members (excludes halogenated alkanes) is 6. The Balaban J connectivity index is 1.74. The minimum atomic E-state index is -0.518. The number of carbonyl (C=O) groups excluding carboxylic acids is 3. The molecule has 0 aromatic heterocycles. The molecule has 2 aromatic rings. The van der Waals surface area contributed by atoms with Gasteiger partial charge in [0.2, 0.25) is 0 Å². The van der Waals surface area contributed by atoms with Gasteiger partial charge in [0.05, 0.1) is 33.0 Å². The second kappa shape index (κ2) is 16.8. The van der Waals surface area contributed by atoms with Crippen LogP contribution in [0.2, 0.25) is 0 Å². The summed E-state index contributed by atoms with van der Waals surface area (Å²) in [5.41, 5.74) is 1.08. The highest BCUT2D eigenvalue weighted by atomic mass is 16.6. The molecule has 0 saturated heterocycles. The van der Waals surface area contributed by atoms with Gasteiger partial charge in [-0.1, -0.05) is 38.2 Å². The van der Waals surface area contributed by atoms with Crippen LogP contribution in [-0.2, 0) is 19.1 Å². The standard InChI is InChI=1S/C28H34O8/c1-32-26-20-22(11-17-27(30)33-2)10-16-25(26)36-28(31)23-12-14-24(15-13-23)35-19-9-7-5-3-4-6-8-18-34-21-29/h10-17,20-21H,3-9,18-19H2,1-2H3/b17-11+. The lowest BCUT2D eigenvalue weighted by Gasteiger charge is -2.11. The number of hydrogen-bond donors (Lipinski definition) is 0. The van der Waals surface area contributed by atoms with Crippen molar-refractivity contribution < 1.29 is 38.1 Å². The molecule has 2 aromatic carbocycles. The highest BCUT2D eigenvalue weighted by Gasteiger charge is 2.13. The first-order valence-corrected chi connectivity index (χ1v) is 12.0. The number of methoxy groups -OCH3 is 2. The summed E-state index contributed by atoms with van der Waals surface area (Å²) >= 11 is 0. The quantitative estimate of drug-likeness (QED) is 0.0942. The van der Waals surface area contributed by atoms with Crippen LogP contribution in [0, 0.1) is 0 Å². The van der Waals surface area contributed by atoms with E-state index in [1.165, 1.54) is 20.3 Å². The monoisotopic (exact) mass is 498 g/mol. The maximum absolute atomic E-state index is 12.6. The van der Waals surface area contributed by atoms with Gasteiger partial charge in [0.15, 0.2) is 11.5 Å². The Labute approximate surface area is 212 Å². The van der Waals surface area contributed by atoms with Crippen molar-refractivity contribution >= 4 is 24.5 Å². The molecule has 0 spiro atoms. The topological polar surface area (TPSA) is 97.4 Å². The van der Waals surface area contributed by atoms with Crippen molar-refractivity contribution in [2.45, 2.75) is 44.9 Å². The van der Waals surface area contributed by atoms with Crippen LogP contribution in [0.1, 0.15) is 60.9 Å². The number of rotatable bonds is 17. The highest BCUT2D eigenvalue weighted by Crippen LogP contribution is 2.29. The first-order chi connectivity index (χ1) is 17.6. The van der Waals surface area contributed by atoms with E-state index in [9.17, 15) is 14.4 Å². The number of carbonyl (C=O) groups is 3. The fourth-order valence-corrected chi connectivity index (χ4v) is 3.36. The predicted molar refractivity (Wildman–Crippen MR) is 135 cm³/mol. The molecule has 36 heavy (non-hydrogen) atoms. The number of ether oxygens (including phenoxy) is 5. The van der Waals surface area contributed by atoms with Crippen LogP contribution < -0.4 is 14.2 Å². The van der Waals surface area contributed by atoms with Crippen molar-refractivity contribution in [1.29, 1.82) is 0 Å². The normalized spacial score (nSPS) is 10.6. The Hall–Kier alpha value is -3.81. The van der Waals surface area contributed by atoms with Crippen molar-refractivity contribution in [3.63, 3.8) is 0 Å². The average molecular weight is 499 g/mol. The van der Waals surface area contributed by atoms with Gasteiger partial charge in [-0.2, -0.15) is 0 Å². The third kappa shape index (κ3) is 10.6. The molecule has 0 radical (unpaired) electrons. The maximum Gasteiger partial charge on any atom is 0.343 e. The Kier molecular flexibility index (Phi) is 13.2. The molecule has 0 aliphatic carbocycles. The lowest BCUT2D eigenvalue weighted by Crippen LogP contribution is -2.09. The van der Waals surface area contributed by atoms with E-state index in [0.717, 1.165) is 44.9 Å². The van der Waals surface area contributed by atoms with Gasteiger partial charge < -0.3 is 23.7 Å². The predicted octanol–water partition coefficient (Wildman–Crippen LogP) is 5.38. The Morgan fingerprint density at radius 3 is 2.11 bits per heavy atom. The van der Waals surface area contributed by atoms with E-state index in [0.29, 0.717) is 42.3 Å². The molecular weight excluding hydrogens is 464 g/mol. The zero-order chi connectivity index (χ0) is 26.0. The average Bonchev–Trinajstić information content (AvgIpc) is 2.91. The Morgan fingerprint density at radius 1 is 0.806 bits per heavy atom. The molecule has 8 nitrogen and oxygen atoms in total.